The molecule has 0 bridgehead atoms. The van der Waals surface area contributed by atoms with Crippen LogP contribution in [0.25, 0.3) is 32.1 Å². The molecule has 46 heavy (non-hydrogen) atoms. The first-order valence-electron chi connectivity index (χ1n) is 14.9. The summed E-state index contributed by atoms with van der Waals surface area (Å²) in [5, 5.41) is 9.88. The van der Waals surface area contributed by atoms with Gasteiger partial charge >= 0.3 is 6.01 Å². The molecular weight excluding hydrogens is 651 g/mol. The number of alkyl halides is 3. The molecule has 2 aromatic heterocycles. The Labute approximate surface area is 269 Å². The highest BCUT2D eigenvalue weighted by Crippen LogP contribution is 2.51. The number of hydrogen-bond acceptors (Lipinski definition) is 9. The van der Waals surface area contributed by atoms with E-state index < -0.39 is 42.2 Å². The van der Waals surface area contributed by atoms with Gasteiger partial charge in [-0.15, -0.1) is 11.3 Å². The molecule has 2 N–H and O–H groups in total. The minimum Gasteiger partial charge on any atom is -0.489 e. The van der Waals surface area contributed by atoms with Crippen molar-refractivity contribution < 1.29 is 31.4 Å². The number of nitrogens with two attached hydrogens (primary N) is 1. The first-order chi connectivity index (χ1) is 22.0. The SMILES string of the molecule is C[C@H]1COc2c(Cl)c(-c3ccc(F)c4sc(N)c(C#N)c34)c(F)c3nc(OC[C@@]45CCCN4C[C@H](F)C5)nc(c23)N1CCC(F)F. The average molecular weight is 679 g/mol. The van der Waals surface area contributed by atoms with Gasteiger partial charge in [0.15, 0.2) is 11.6 Å². The minimum absolute atomic E-state index is 0.0109. The van der Waals surface area contributed by atoms with Crippen LogP contribution in [-0.2, 0) is 0 Å². The lowest BCUT2D eigenvalue weighted by molar-refractivity contribution is 0.107. The lowest BCUT2D eigenvalue weighted by atomic mass is 9.95. The van der Waals surface area contributed by atoms with Crippen molar-refractivity contribution >= 4 is 54.7 Å². The van der Waals surface area contributed by atoms with Crippen LogP contribution >= 0.6 is 22.9 Å². The van der Waals surface area contributed by atoms with Crippen molar-refractivity contribution in [2.24, 2.45) is 0 Å². The van der Waals surface area contributed by atoms with Crippen LogP contribution in [0.3, 0.4) is 0 Å². The van der Waals surface area contributed by atoms with Gasteiger partial charge in [-0.3, -0.25) is 4.90 Å². The van der Waals surface area contributed by atoms with Gasteiger partial charge in [0, 0.05) is 36.9 Å². The van der Waals surface area contributed by atoms with Crippen LogP contribution in [0.5, 0.6) is 11.8 Å². The fourth-order valence-corrected chi connectivity index (χ4v) is 8.38. The lowest BCUT2D eigenvalue weighted by Gasteiger charge is -2.31. The zero-order chi connectivity index (χ0) is 32.5. The normalized spacial score (nSPS) is 22.8. The summed E-state index contributed by atoms with van der Waals surface area (Å²) in [5.74, 6) is -1.46. The van der Waals surface area contributed by atoms with Gasteiger partial charge in [-0.25, -0.2) is 22.0 Å². The van der Waals surface area contributed by atoms with Crippen LogP contribution < -0.4 is 20.1 Å². The Bertz CT molecular complexity index is 1920. The third kappa shape index (κ3) is 4.86. The molecule has 3 atom stereocenters. The highest BCUT2D eigenvalue weighted by molar-refractivity contribution is 7.23. The molecule has 0 amide bonds. The van der Waals surface area contributed by atoms with Gasteiger partial charge in [0.05, 0.1) is 32.3 Å². The molecule has 2 saturated heterocycles. The molecule has 15 heteroatoms. The van der Waals surface area contributed by atoms with Gasteiger partial charge < -0.3 is 20.1 Å². The predicted octanol–water partition coefficient (Wildman–Crippen LogP) is 7.09. The Hall–Kier alpha value is -3.67. The van der Waals surface area contributed by atoms with Crippen LogP contribution in [0, 0.1) is 23.0 Å². The van der Waals surface area contributed by atoms with Gasteiger partial charge in [0.1, 0.15) is 47.6 Å². The molecule has 0 saturated carbocycles. The summed E-state index contributed by atoms with van der Waals surface area (Å²) in [6.45, 7) is 2.69. The minimum atomic E-state index is -2.61. The van der Waals surface area contributed by atoms with Gasteiger partial charge in [0.2, 0.25) is 6.43 Å². The Morgan fingerprint density at radius 2 is 2.09 bits per heavy atom. The van der Waals surface area contributed by atoms with E-state index in [1.807, 2.05) is 11.0 Å². The highest BCUT2D eigenvalue weighted by Gasteiger charge is 2.49. The van der Waals surface area contributed by atoms with E-state index >= 15 is 4.39 Å². The second-order valence-corrected chi connectivity index (χ2v) is 13.5. The van der Waals surface area contributed by atoms with Crippen molar-refractivity contribution in [2.75, 3.05) is 43.5 Å². The Morgan fingerprint density at radius 3 is 2.85 bits per heavy atom. The van der Waals surface area contributed by atoms with E-state index in [4.69, 9.17) is 26.8 Å². The molecule has 4 aromatic rings. The van der Waals surface area contributed by atoms with E-state index in [1.54, 1.807) is 11.8 Å². The average Bonchev–Trinajstić information content (AvgIpc) is 3.63. The molecule has 0 aliphatic carbocycles. The molecular formula is C31H28ClF5N6O2S. The van der Waals surface area contributed by atoms with Crippen molar-refractivity contribution in [3.63, 3.8) is 0 Å². The van der Waals surface area contributed by atoms with Gasteiger partial charge in [-0.2, -0.15) is 15.2 Å². The van der Waals surface area contributed by atoms with Crippen LogP contribution in [0.1, 0.15) is 38.2 Å². The molecule has 2 fully saturated rings. The highest BCUT2D eigenvalue weighted by atomic mass is 35.5. The molecule has 0 radical (unpaired) electrons. The fourth-order valence-electron chi connectivity index (χ4n) is 7.10. The molecule has 242 valence electrons. The lowest BCUT2D eigenvalue weighted by Crippen LogP contribution is -2.43. The molecule has 7 rings (SSSR count). The second-order valence-electron chi connectivity index (χ2n) is 12.0. The second kappa shape index (κ2) is 11.5. The number of ether oxygens (including phenoxy) is 2. The number of nitrogen functional groups attached to an aromatic ring is 1. The topological polar surface area (TPSA) is 101 Å². The third-order valence-electron chi connectivity index (χ3n) is 9.23. The van der Waals surface area contributed by atoms with E-state index in [9.17, 15) is 22.8 Å². The summed E-state index contributed by atoms with van der Waals surface area (Å²) in [6, 6.07) is 3.70. The molecule has 3 aliphatic heterocycles. The maximum atomic E-state index is 17.0. The zero-order valence-electron chi connectivity index (χ0n) is 24.6. The number of benzene rings is 2. The van der Waals surface area contributed by atoms with Gasteiger partial charge in [0.25, 0.3) is 0 Å². The zero-order valence-corrected chi connectivity index (χ0v) is 26.1. The van der Waals surface area contributed by atoms with E-state index in [0.717, 1.165) is 30.4 Å². The number of thiophene rings is 1. The first kappa shape index (κ1) is 31.0. The maximum absolute atomic E-state index is 17.0. The Morgan fingerprint density at radius 1 is 1.28 bits per heavy atom. The molecule has 8 nitrogen and oxygen atoms in total. The number of anilines is 2. The molecule has 5 heterocycles. The van der Waals surface area contributed by atoms with E-state index in [2.05, 4.69) is 9.97 Å². The molecule has 0 unspecified atom stereocenters. The fraction of sp³-hybridized carbons (Fsp3) is 0.452. The number of rotatable bonds is 7. The van der Waals surface area contributed by atoms with Crippen molar-refractivity contribution in [3.05, 3.63) is 34.4 Å². The predicted molar refractivity (Wildman–Crippen MR) is 166 cm³/mol. The summed E-state index contributed by atoms with van der Waals surface area (Å²) in [6.07, 6.45) is -2.24. The number of aromatic nitrogens is 2. The number of nitriles is 1. The maximum Gasteiger partial charge on any atom is 0.319 e. The van der Waals surface area contributed by atoms with E-state index in [1.165, 1.54) is 6.07 Å². The van der Waals surface area contributed by atoms with Gasteiger partial charge in [-0.05, 0) is 37.9 Å². The van der Waals surface area contributed by atoms with Crippen molar-refractivity contribution in [2.45, 2.75) is 56.8 Å². The summed E-state index contributed by atoms with van der Waals surface area (Å²) in [5.41, 5.74) is 5.08. The molecule has 0 spiro atoms. The quantitative estimate of drug-likeness (QED) is 0.207. The van der Waals surface area contributed by atoms with Crippen molar-refractivity contribution in [1.29, 1.82) is 5.26 Å². The molecule has 3 aliphatic rings. The van der Waals surface area contributed by atoms with Crippen LogP contribution in [-0.4, -0.2) is 71.9 Å². The van der Waals surface area contributed by atoms with Gasteiger partial charge in [-0.1, -0.05) is 17.7 Å². The van der Waals surface area contributed by atoms with Crippen molar-refractivity contribution in [3.8, 4) is 29.0 Å². The van der Waals surface area contributed by atoms with E-state index in [-0.39, 0.29) is 91.5 Å². The summed E-state index contributed by atoms with van der Waals surface area (Å²) >= 11 is 7.75. The Balaban J connectivity index is 1.45. The smallest absolute Gasteiger partial charge is 0.319 e. The van der Waals surface area contributed by atoms with Crippen LogP contribution in [0.2, 0.25) is 5.02 Å². The van der Waals surface area contributed by atoms with Crippen molar-refractivity contribution in [1.82, 2.24) is 14.9 Å². The number of fused-ring (bicyclic) bond motifs is 2. The Kier molecular flexibility index (Phi) is 7.76. The molecule has 2 aromatic carbocycles. The summed E-state index contributed by atoms with van der Waals surface area (Å²) in [7, 11) is 0. The summed E-state index contributed by atoms with van der Waals surface area (Å²) < 4.78 is 85.5. The first-order valence-corrected chi connectivity index (χ1v) is 16.1. The van der Waals surface area contributed by atoms with E-state index in [0.29, 0.717) is 13.0 Å². The summed E-state index contributed by atoms with van der Waals surface area (Å²) in [4.78, 5) is 12.7. The third-order valence-corrected chi connectivity index (χ3v) is 10.6. The number of hydrogen-bond donors (Lipinski definition) is 1. The van der Waals surface area contributed by atoms with Crippen LogP contribution in [0.15, 0.2) is 12.1 Å². The standard InChI is InChI=1S/C31H28ClF5N6O2S/c1-14-12-44-26-22-25(24(37)21(23(26)32)16-3-4-18(34)27-20(16)17(10-38)28(39)46-27)40-30(41-29(22)43(14)8-5-19(35)36)45-13-31-6-2-7-42(31)11-15(33)9-31/h3-4,14-15,19H,2,5-9,11-13,39H2,1H3/t14-,15+,31-/m0/s1. The largest absolute Gasteiger partial charge is 0.489 e. The number of nitrogens with zero attached hydrogens (tertiary/aromatic N) is 5. The van der Waals surface area contributed by atoms with Crippen LogP contribution in [0.4, 0.5) is 32.8 Å². The number of halogens is 6. The monoisotopic (exact) mass is 678 g/mol.